The molecule has 8 heteroatoms. The van der Waals surface area contributed by atoms with E-state index >= 15 is 0 Å². The topological polar surface area (TPSA) is 43.6 Å². The number of aryl methyl sites for hydroxylation is 1. The van der Waals surface area contributed by atoms with Gasteiger partial charge in [-0.3, -0.25) is 9.97 Å². The van der Waals surface area contributed by atoms with Crippen LogP contribution in [-0.2, 0) is 6.54 Å². The van der Waals surface area contributed by atoms with Gasteiger partial charge in [-0.2, -0.15) is 13.2 Å². The highest BCUT2D eigenvalue weighted by atomic mass is 32.1. The van der Waals surface area contributed by atoms with Crippen LogP contribution in [0.25, 0.3) is 22.0 Å². The van der Waals surface area contributed by atoms with Crippen molar-refractivity contribution in [3.05, 3.63) is 41.4 Å². The summed E-state index contributed by atoms with van der Waals surface area (Å²) in [6.45, 7) is 2.35. The minimum absolute atomic E-state index is 0.552. The van der Waals surface area contributed by atoms with Gasteiger partial charge >= 0.3 is 6.18 Å². The van der Waals surface area contributed by atoms with Gasteiger partial charge in [-0.05, 0) is 19.9 Å². The van der Waals surface area contributed by atoms with Gasteiger partial charge in [0.05, 0.1) is 11.9 Å². The Hall–Kier alpha value is -2.22. The first-order valence-electron chi connectivity index (χ1n) is 6.81. The third-order valence-corrected chi connectivity index (χ3v) is 4.34. The molecule has 3 rings (SSSR count). The minimum Gasteiger partial charge on any atom is -0.339 e. The van der Waals surface area contributed by atoms with E-state index in [1.165, 1.54) is 15.9 Å². The molecule has 0 amide bonds. The Labute approximate surface area is 134 Å². The Bertz CT molecular complexity index is 821. The number of hydrogen-bond acceptors (Lipinski definition) is 4. The molecule has 120 valence electrons. The van der Waals surface area contributed by atoms with E-state index in [1.54, 1.807) is 38.5 Å². The highest BCUT2D eigenvalue weighted by Crippen LogP contribution is 2.32. The predicted octanol–water partition coefficient (Wildman–Crippen LogP) is 4.25. The van der Waals surface area contributed by atoms with Crippen molar-refractivity contribution in [3.8, 4) is 22.0 Å². The summed E-state index contributed by atoms with van der Waals surface area (Å²) in [5.41, 5.74) is 3.11. The number of nitrogens with zero attached hydrogens (tertiary/aromatic N) is 4. The van der Waals surface area contributed by atoms with Crippen molar-refractivity contribution < 1.29 is 13.2 Å². The summed E-state index contributed by atoms with van der Waals surface area (Å²) in [5.74, 6) is 0. The van der Waals surface area contributed by atoms with E-state index in [1.807, 2.05) is 5.38 Å². The quantitative estimate of drug-likeness (QED) is 0.717. The maximum absolute atomic E-state index is 12.7. The second-order valence-corrected chi connectivity index (χ2v) is 5.97. The molecule has 0 atom stereocenters. The SMILES string of the molecule is Cc1cc(-c2csc(-c3cnccn3)n2)c(C)n1CC(F)(F)F. The highest BCUT2D eigenvalue weighted by Gasteiger charge is 2.30. The number of halogens is 3. The van der Waals surface area contributed by atoms with Crippen LogP contribution in [0, 0.1) is 13.8 Å². The second-order valence-electron chi connectivity index (χ2n) is 5.11. The molecule has 0 aliphatic carbocycles. The van der Waals surface area contributed by atoms with Gasteiger partial charge in [0.2, 0.25) is 0 Å². The van der Waals surface area contributed by atoms with Gasteiger partial charge in [-0.1, -0.05) is 0 Å². The average molecular weight is 338 g/mol. The maximum Gasteiger partial charge on any atom is 0.406 e. The summed E-state index contributed by atoms with van der Waals surface area (Å²) in [6.07, 6.45) is 0.503. The summed E-state index contributed by atoms with van der Waals surface area (Å²) in [7, 11) is 0. The molecule has 23 heavy (non-hydrogen) atoms. The average Bonchev–Trinajstić information content (AvgIpc) is 3.07. The highest BCUT2D eigenvalue weighted by molar-refractivity contribution is 7.13. The van der Waals surface area contributed by atoms with E-state index < -0.39 is 12.7 Å². The van der Waals surface area contributed by atoms with Crippen LogP contribution in [0.2, 0.25) is 0 Å². The van der Waals surface area contributed by atoms with Crippen LogP contribution in [0.15, 0.2) is 30.0 Å². The Morgan fingerprint density at radius 1 is 1.17 bits per heavy atom. The van der Waals surface area contributed by atoms with E-state index in [0.29, 0.717) is 33.3 Å². The van der Waals surface area contributed by atoms with E-state index in [-0.39, 0.29) is 0 Å². The fraction of sp³-hybridized carbons (Fsp3) is 0.267. The summed E-state index contributed by atoms with van der Waals surface area (Å²) in [4.78, 5) is 12.7. The summed E-state index contributed by atoms with van der Waals surface area (Å²) >= 11 is 1.39. The molecular weight excluding hydrogens is 325 g/mol. The molecule has 3 aromatic rings. The lowest BCUT2D eigenvalue weighted by Gasteiger charge is -2.12. The van der Waals surface area contributed by atoms with Crippen LogP contribution in [0.3, 0.4) is 0 Å². The number of thiazole rings is 1. The largest absolute Gasteiger partial charge is 0.406 e. The van der Waals surface area contributed by atoms with Gasteiger partial charge in [-0.25, -0.2) is 4.98 Å². The molecule has 3 heterocycles. The van der Waals surface area contributed by atoms with Gasteiger partial charge in [0, 0.05) is 34.7 Å². The van der Waals surface area contributed by atoms with Crippen LogP contribution in [0.5, 0.6) is 0 Å². The minimum atomic E-state index is -4.25. The summed E-state index contributed by atoms with van der Waals surface area (Å²) in [5, 5.41) is 2.51. The van der Waals surface area contributed by atoms with Crippen LogP contribution in [0.1, 0.15) is 11.4 Å². The number of aromatic nitrogens is 4. The van der Waals surface area contributed by atoms with Crippen LogP contribution < -0.4 is 0 Å². The lowest BCUT2D eigenvalue weighted by atomic mass is 10.2. The molecule has 4 nitrogen and oxygen atoms in total. The third kappa shape index (κ3) is 3.26. The smallest absolute Gasteiger partial charge is 0.339 e. The van der Waals surface area contributed by atoms with E-state index in [2.05, 4.69) is 15.0 Å². The normalized spacial score (nSPS) is 11.9. The first-order valence-corrected chi connectivity index (χ1v) is 7.69. The lowest BCUT2D eigenvalue weighted by molar-refractivity contribution is -0.141. The van der Waals surface area contributed by atoms with Crippen LogP contribution in [-0.4, -0.2) is 25.7 Å². The molecule has 0 N–H and O–H groups in total. The third-order valence-electron chi connectivity index (χ3n) is 3.47. The Balaban J connectivity index is 1.97. The Morgan fingerprint density at radius 3 is 2.61 bits per heavy atom. The fourth-order valence-electron chi connectivity index (χ4n) is 2.41. The molecule has 0 spiro atoms. The molecule has 0 unspecified atom stereocenters. The molecule has 0 saturated heterocycles. The first kappa shape index (κ1) is 15.7. The van der Waals surface area contributed by atoms with Crippen molar-refractivity contribution in [2.24, 2.45) is 0 Å². The molecular formula is C15H13F3N4S. The molecule has 0 saturated carbocycles. The Kier molecular flexibility index (Phi) is 3.93. The zero-order valence-corrected chi connectivity index (χ0v) is 13.2. The van der Waals surface area contributed by atoms with Gasteiger partial charge in [-0.15, -0.1) is 11.3 Å². The van der Waals surface area contributed by atoms with Gasteiger partial charge in [0.25, 0.3) is 0 Å². The van der Waals surface area contributed by atoms with E-state index in [4.69, 9.17) is 0 Å². The fourth-order valence-corrected chi connectivity index (χ4v) is 3.19. The Morgan fingerprint density at radius 2 is 1.96 bits per heavy atom. The van der Waals surface area contributed by atoms with Crippen molar-refractivity contribution in [1.29, 1.82) is 0 Å². The number of rotatable bonds is 3. The second kappa shape index (κ2) is 5.77. The maximum atomic E-state index is 12.7. The van der Waals surface area contributed by atoms with Gasteiger partial charge in [0.1, 0.15) is 17.2 Å². The van der Waals surface area contributed by atoms with Crippen molar-refractivity contribution >= 4 is 11.3 Å². The molecule has 0 bridgehead atoms. The standard InChI is InChI=1S/C15H13F3N4S/c1-9-5-11(10(2)22(9)8-15(16,17)18)13-7-23-14(21-13)12-6-19-3-4-20-12/h3-7H,8H2,1-2H3. The van der Waals surface area contributed by atoms with E-state index in [0.717, 1.165) is 0 Å². The molecule has 3 aromatic heterocycles. The van der Waals surface area contributed by atoms with Crippen LogP contribution in [0.4, 0.5) is 13.2 Å². The molecule has 0 aromatic carbocycles. The van der Waals surface area contributed by atoms with Crippen molar-refractivity contribution in [2.75, 3.05) is 0 Å². The predicted molar refractivity (Wildman–Crippen MR) is 82.1 cm³/mol. The van der Waals surface area contributed by atoms with Crippen molar-refractivity contribution in [3.63, 3.8) is 0 Å². The monoisotopic (exact) mass is 338 g/mol. The molecule has 0 aliphatic heterocycles. The first-order chi connectivity index (χ1) is 10.8. The van der Waals surface area contributed by atoms with Crippen molar-refractivity contribution in [1.82, 2.24) is 19.5 Å². The summed E-state index contributed by atoms with van der Waals surface area (Å²) in [6, 6.07) is 1.73. The molecule has 0 aliphatic rings. The van der Waals surface area contributed by atoms with E-state index in [9.17, 15) is 13.2 Å². The van der Waals surface area contributed by atoms with Gasteiger partial charge < -0.3 is 4.57 Å². The van der Waals surface area contributed by atoms with Gasteiger partial charge in [0.15, 0.2) is 0 Å². The number of alkyl halides is 3. The lowest BCUT2D eigenvalue weighted by Crippen LogP contribution is -2.19. The molecule has 0 fully saturated rings. The zero-order chi connectivity index (χ0) is 16.6. The van der Waals surface area contributed by atoms with Crippen molar-refractivity contribution in [2.45, 2.75) is 26.6 Å². The molecule has 0 radical (unpaired) electrons. The summed E-state index contributed by atoms with van der Waals surface area (Å²) < 4.78 is 39.3. The number of hydrogen-bond donors (Lipinski definition) is 0. The zero-order valence-electron chi connectivity index (χ0n) is 12.4. The van der Waals surface area contributed by atoms with Crippen LogP contribution >= 0.6 is 11.3 Å².